The summed E-state index contributed by atoms with van der Waals surface area (Å²) in [6.07, 6.45) is 5.20. The Bertz CT molecular complexity index is 1270. The van der Waals surface area contributed by atoms with E-state index in [-0.39, 0.29) is 18.0 Å². The van der Waals surface area contributed by atoms with Crippen molar-refractivity contribution in [1.82, 2.24) is 15.3 Å². The number of rotatable bonds is 7. The molecule has 0 bridgehead atoms. The Balaban J connectivity index is 1.44. The lowest BCUT2D eigenvalue weighted by Crippen LogP contribution is -2.45. The van der Waals surface area contributed by atoms with E-state index < -0.39 is 0 Å². The standard InChI is InChI=1S/C25H24Cl2N4O3/c1-4-20(32)29-17-9-13-8-15(13)24(17)31-25-28-11-14-7-12(5-6-16(14)30-25)21-22(26)18(33-2)10-19(34-3)23(21)27/h4-7,10-11,13,15,17,24H,1,8-9H2,2-3H3,(H,29,32)(H,28,30,31). The summed E-state index contributed by atoms with van der Waals surface area (Å²) in [4.78, 5) is 21.1. The minimum atomic E-state index is -0.156. The predicted molar refractivity (Wildman–Crippen MR) is 134 cm³/mol. The van der Waals surface area contributed by atoms with Crippen LogP contribution in [0, 0.1) is 11.8 Å². The molecule has 2 fully saturated rings. The highest BCUT2D eigenvalue weighted by atomic mass is 35.5. The summed E-state index contributed by atoms with van der Waals surface area (Å²) in [5.74, 6) is 2.50. The fraction of sp³-hybridized carbons (Fsp3) is 0.320. The van der Waals surface area contributed by atoms with Crippen molar-refractivity contribution in [2.24, 2.45) is 11.8 Å². The lowest BCUT2D eigenvalue weighted by Gasteiger charge is -2.24. The van der Waals surface area contributed by atoms with Gasteiger partial charge in [-0.1, -0.05) is 35.8 Å². The number of hydrogen-bond donors (Lipinski definition) is 2. The number of anilines is 1. The molecule has 1 amide bonds. The van der Waals surface area contributed by atoms with Crippen molar-refractivity contribution in [2.75, 3.05) is 19.5 Å². The molecule has 2 N–H and O–H groups in total. The van der Waals surface area contributed by atoms with Crippen LogP contribution in [0.1, 0.15) is 12.8 Å². The zero-order valence-corrected chi connectivity index (χ0v) is 20.3. The molecule has 2 saturated carbocycles. The number of benzene rings is 2. The molecule has 5 rings (SSSR count). The number of hydrogen-bond acceptors (Lipinski definition) is 6. The molecule has 4 unspecified atom stereocenters. The molecule has 34 heavy (non-hydrogen) atoms. The van der Waals surface area contributed by atoms with Gasteiger partial charge in [0, 0.05) is 29.3 Å². The van der Waals surface area contributed by atoms with Gasteiger partial charge in [0.25, 0.3) is 0 Å². The first-order valence-corrected chi connectivity index (χ1v) is 11.8. The van der Waals surface area contributed by atoms with Crippen LogP contribution >= 0.6 is 23.2 Å². The first-order valence-electron chi connectivity index (χ1n) is 11.0. The van der Waals surface area contributed by atoms with E-state index in [4.69, 9.17) is 37.7 Å². The lowest BCUT2D eigenvalue weighted by atomic mass is 10.0. The van der Waals surface area contributed by atoms with Crippen molar-refractivity contribution in [3.05, 3.63) is 53.2 Å². The van der Waals surface area contributed by atoms with E-state index in [0.717, 1.165) is 22.9 Å². The summed E-state index contributed by atoms with van der Waals surface area (Å²) >= 11 is 13.2. The van der Waals surface area contributed by atoms with Crippen LogP contribution in [-0.4, -0.2) is 42.2 Å². The number of aromatic nitrogens is 2. The molecule has 9 heteroatoms. The molecule has 0 saturated heterocycles. The summed E-state index contributed by atoms with van der Waals surface area (Å²) < 4.78 is 10.8. The van der Waals surface area contributed by atoms with Crippen molar-refractivity contribution in [3.8, 4) is 22.6 Å². The molecule has 1 aromatic heterocycles. The van der Waals surface area contributed by atoms with Crippen LogP contribution in [0.15, 0.2) is 43.1 Å². The number of amides is 1. The molecular formula is C25H24Cl2N4O3. The van der Waals surface area contributed by atoms with E-state index in [1.54, 1.807) is 26.5 Å². The van der Waals surface area contributed by atoms with Gasteiger partial charge >= 0.3 is 0 Å². The van der Waals surface area contributed by atoms with Crippen LogP contribution in [0.25, 0.3) is 22.0 Å². The molecule has 2 aromatic carbocycles. The van der Waals surface area contributed by atoms with Gasteiger partial charge in [-0.05, 0) is 48.4 Å². The van der Waals surface area contributed by atoms with Crippen LogP contribution in [0.2, 0.25) is 10.0 Å². The molecule has 176 valence electrons. The summed E-state index contributed by atoms with van der Waals surface area (Å²) in [5.41, 5.74) is 2.20. The third-order valence-corrected chi connectivity index (χ3v) is 7.43. The fourth-order valence-corrected chi connectivity index (χ4v) is 5.62. The maximum Gasteiger partial charge on any atom is 0.243 e. The number of fused-ring (bicyclic) bond motifs is 2. The molecule has 2 aliphatic carbocycles. The van der Waals surface area contributed by atoms with Crippen molar-refractivity contribution < 1.29 is 14.3 Å². The Hall–Kier alpha value is -3.03. The Kier molecular flexibility index (Phi) is 6.00. The average molecular weight is 499 g/mol. The minimum absolute atomic E-state index is 0.0447. The summed E-state index contributed by atoms with van der Waals surface area (Å²) in [6, 6.07) is 7.56. The maximum atomic E-state index is 11.8. The van der Waals surface area contributed by atoms with Crippen LogP contribution < -0.4 is 20.1 Å². The molecule has 1 heterocycles. The van der Waals surface area contributed by atoms with E-state index in [1.165, 1.54) is 12.5 Å². The molecule has 7 nitrogen and oxygen atoms in total. The van der Waals surface area contributed by atoms with Gasteiger partial charge in [-0.2, -0.15) is 0 Å². The van der Waals surface area contributed by atoms with Crippen LogP contribution in [0.4, 0.5) is 5.95 Å². The van der Waals surface area contributed by atoms with E-state index in [9.17, 15) is 4.79 Å². The molecule has 4 atom stereocenters. The molecule has 2 aliphatic rings. The quantitative estimate of drug-likeness (QED) is 0.440. The van der Waals surface area contributed by atoms with Gasteiger partial charge in [-0.3, -0.25) is 4.79 Å². The summed E-state index contributed by atoms with van der Waals surface area (Å²) in [6.45, 7) is 3.55. The van der Waals surface area contributed by atoms with E-state index >= 15 is 0 Å². The van der Waals surface area contributed by atoms with Crippen molar-refractivity contribution in [3.63, 3.8) is 0 Å². The van der Waals surface area contributed by atoms with Crippen molar-refractivity contribution in [1.29, 1.82) is 0 Å². The topological polar surface area (TPSA) is 85.4 Å². The number of halogens is 2. The summed E-state index contributed by atoms with van der Waals surface area (Å²) in [7, 11) is 3.09. The third-order valence-electron chi connectivity index (χ3n) is 6.68. The predicted octanol–water partition coefficient (Wildman–Crippen LogP) is 5.11. The molecule has 0 aliphatic heterocycles. The highest BCUT2D eigenvalue weighted by Crippen LogP contribution is 2.52. The van der Waals surface area contributed by atoms with Crippen molar-refractivity contribution in [2.45, 2.75) is 24.9 Å². The largest absolute Gasteiger partial charge is 0.495 e. The zero-order chi connectivity index (χ0) is 24.0. The van der Waals surface area contributed by atoms with E-state index in [2.05, 4.69) is 22.2 Å². The maximum absolute atomic E-state index is 11.8. The Morgan fingerprint density at radius 3 is 2.56 bits per heavy atom. The van der Waals surface area contributed by atoms with Crippen molar-refractivity contribution >= 4 is 46.0 Å². The zero-order valence-electron chi connectivity index (χ0n) is 18.8. The van der Waals surface area contributed by atoms with Crippen LogP contribution in [-0.2, 0) is 4.79 Å². The second-order valence-corrected chi connectivity index (χ2v) is 9.39. The summed E-state index contributed by atoms with van der Waals surface area (Å²) in [5, 5.41) is 8.13. The first kappa shape index (κ1) is 22.7. The van der Waals surface area contributed by atoms with E-state index in [1.807, 2.05) is 18.2 Å². The fourth-order valence-electron chi connectivity index (χ4n) is 4.90. The molecular weight excluding hydrogens is 475 g/mol. The van der Waals surface area contributed by atoms with Gasteiger partial charge in [-0.15, -0.1) is 0 Å². The number of carbonyl (C=O) groups excluding carboxylic acids is 1. The molecule has 3 aromatic rings. The van der Waals surface area contributed by atoms with Crippen LogP contribution in [0.5, 0.6) is 11.5 Å². The second-order valence-electron chi connectivity index (χ2n) is 8.64. The number of nitrogens with zero attached hydrogens (tertiary/aromatic N) is 2. The van der Waals surface area contributed by atoms with Gasteiger partial charge in [0.1, 0.15) is 11.5 Å². The molecule has 0 spiro atoms. The number of ether oxygens (including phenoxy) is 2. The second kappa shape index (κ2) is 8.96. The Labute approximate surface area is 207 Å². The lowest BCUT2D eigenvalue weighted by molar-refractivity contribution is -0.117. The smallest absolute Gasteiger partial charge is 0.243 e. The monoisotopic (exact) mass is 498 g/mol. The van der Waals surface area contributed by atoms with Gasteiger partial charge in [0.2, 0.25) is 11.9 Å². The van der Waals surface area contributed by atoms with Crippen LogP contribution in [0.3, 0.4) is 0 Å². The number of carbonyl (C=O) groups is 1. The Morgan fingerprint density at radius 1 is 1.15 bits per heavy atom. The van der Waals surface area contributed by atoms with Gasteiger partial charge in [0.15, 0.2) is 0 Å². The molecule has 0 radical (unpaired) electrons. The van der Waals surface area contributed by atoms with Gasteiger partial charge < -0.3 is 20.1 Å². The number of methoxy groups -OCH3 is 2. The number of nitrogens with one attached hydrogen (secondary N) is 2. The Morgan fingerprint density at radius 2 is 1.88 bits per heavy atom. The average Bonchev–Trinajstić information content (AvgIpc) is 3.53. The van der Waals surface area contributed by atoms with E-state index in [0.29, 0.717) is 44.9 Å². The van der Waals surface area contributed by atoms with Gasteiger partial charge in [-0.25, -0.2) is 9.97 Å². The minimum Gasteiger partial charge on any atom is -0.495 e. The van der Waals surface area contributed by atoms with Gasteiger partial charge in [0.05, 0.1) is 35.8 Å². The SMILES string of the molecule is C=CC(=O)NC1CC2CC2C1Nc1ncc2cc(-c3c(Cl)c(OC)cc(OC)c3Cl)ccc2n1. The third kappa shape index (κ3) is 4.03. The normalized spacial score (nSPS) is 22.7. The highest BCUT2D eigenvalue weighted by Gasteiger charge is 2.54. The first-order chi connectivity index (χ1) is 16.4. The highest BCUT2D eigenvalue weighted by molar-refractivity contribution is 6.41.